The second-order valence-corrected chi connectivity index (χ2v) is 4.61. The molecule has 1 aliphatic rings. The van der Waals surface area contributed by atoms with E-state index in [4.69, 9.17) is 5.11 Å². The van der Waals surface area contributed by atoms with Gasteiger partial charge in [0.2, 0.25) is 0 Å². The number of carbonyl (C=O) groups excluding carboxylic acids is 1. The van der Waals surface area contributed by atoms with E-state index in [0.717, 1.165) is 26.2 Å². The Hall–Kier alpha value is -1.94. The van der Waals surface area contributed by atoms with Gasteiger partial charge in [0.1, 0.15) is 6.61 Å². The molecule has 1 fully saturated rings. The van der Waals surface area contributed by atoms with Crippen LogP contribution >= 0.6 is 0 Å². The van der Waals surface area contributed by atoms with Crippen LogP contribution in [0.3, 0.4) is 0 Å². The number of nitrogens with one attached hydrogen (secondary N) is 1. The van der Waals surface area contributed by atoms with E-state index in [2.05, 4.69) is 34.2 Å². The van der Waals surface area contributed by atoms with Crippen molar-refractivity contribution in [3.05, 3.63) is 29.6 Å². The van der Waals surface area contributed by atoms with Gasteiger partial charge in [0.15, 0.2) is 0 Å². The Morgan fingerprint density at radius 2 is 2.20 bits per heavy atom. The molecule has 1 aromatic heterocycles. The number of piperazine rings is 1. The van der Waals surface area contributed by atoms with E-state index in [0.29, 0.717) is 11.1 Å². The number of aliphatic hydroxyl groups excluding tert-OH is 1. The van der Waals surface area contributed by atoms with Gasteiger partial charge in [0, 0.05) is 38.6 Å². The highest BCUT2D eigenvalue weighted by atomic mass is 16.2. The molecule has 1 aromatic rings. The maximum Gasteiger partial charge on any atom is 0.266 e. The number of carbonyl (C=O) groups is 1. The van der Waals surface area contributed by atoms with Crippen LogP contribution in [0.4, 0.5) is 0 Å². The number of nitrogens with zero attached hydrogens (tertiary/aromatic N) is 3. The predicted octanol–water partition coefficient (Wildman–Crippen LogP) is -0.682. The first-order valence-electron chi connectivity index (χ1n) is 6.49. The van der Waals surface area contributed by atoms with Crippen LogP contribution in [-0.4, -0.2) is 65.7 Å². The van der Waals surface area contributed by atoms with E-state index >= 15 is 0 Å². The molecular weight excluding hydrogens is 256 g/mol. The predicted molar refractivity (Wildman–Crippen MR) is 74.7 cm³/mol. The van der Waals surface area contributed by atoms with Gasteiger partial charge in [0.25, 0.3) is 5.91 Å². The summed E-state index contributed by atoms with van der Waals surface area (Å²) in [6, 6.07) is 1.63. The minimum atomic E-state index is -0.242. The lowest BCUT2D eigenvalue weighted by Crippen LogP contribution is -2.52. The molecule has 20 heavy (non-hydrogen) atoms. The standard InChI is InChI=1S/C14H18N4O2/c1-17-6-8-18(9-7-17)16-14(20)13-4-5-15-11-12(13)3-2-10-19/h4-5,11,19H,6-10H2,1H3,(H,16,20). The molecule has 2 rings (SSSR count). The van der Waals surface area contributed by atoms with Gasteiger partial charge in [-0.25, -0.2) is 5.01 Å². The van der Waals surface area contributed by atoms with Gasteiger partial charge >= 0.3 is 0 Å². The Labute approximate surface area is 118 Å². The van der Waals surface area contributed by atoms with Crippen LogP contribution in [-0.2, 0) is 0 Å². The van der Waals surface area contributed by atoms with Gasteiger partial charge in [-0.05, 0) is 13.1 Å². The third-order valence-electron chi connectivity index (χ3n) is 3.13. The molecule has 0 unspecified atom stereocenters. The van der Waals surface area contributed by atoms with Crippen molar-refractivity contribution in [2.45, 2.75) is 0 Å². The van der Waals surface area contributed by atoms with E-state index in [-0.39, 0.29) is 12.5 Å². The Balaban J connectivity index is 2.05. The van der Waals surface area contributed by atoms with Crippen molar-refractivity contribution in [2.75, 3.05) is 39.8 Å². The van der Waals surface area contributed by atoms with Crippen LogP contribution < -0.4 is 5.43 Å². The minimum absolute atomic E-state index is 0.195. The first kappa shape index (κ1) is 14.5. The smallest absolute Gasteiger partial charge is 0.266 e. The topological polar surface area (TPSA) is 68.7 Å². The summed E-state index contributed by atoms with van der Waals surface area (Å²) in [6.45, 7) is 3.20. The van der Waals surface area contributed by atoms with Gasteiger partial charge < -0.3 is 10.0 Å². The summed E-state index contributed by atoms with van der Waals surface area (Å²) < 4.78 is 0. The fourth-order valence-electron chi connectivity index (χ4n) is 1.95. The summed E-state index contributed by atoms with van der Waals surface area (Å²) in [6.07, 6.45) is 3.09. The molecule has 2 N–H and O–H groups in total. The largest absolute Gasteiger partial charge is 0.384 e. The van der Waals surface area contributed by atoms with Crippen LogP contribution in [0.15, 0.2) is 18.5 Å². The second-order valence-electron chi connectivity index (χ2n) is 4.61. The first-order valence-corrected chi connectivity index (χ1v) is 6.49. The molecule has 0 bridgehead atoms. The second kappa shape index (κ2) is 7.01. The van der Waals surface area contributed by atoms with Crippen molar-refractivity contribution >= 4 is 5.91 Å². The number of aliphatic hydroxyl groups is 1. The van der Waals surface area contributed by atoms with Crippen LogP contribution in [0.5, 0.6) is 0 Å². The molecule has 0 aliphatic carbocycles. The summed E-state index contributed by atoms with van der Waals surface area (Å²) in [5.74, 6) is 5.08. The molecule has 1 saturated heterocycles. The lowest BCUT2D eigenvalue weighted by molar-refractivity contribution is 0.0662. The monoisotopic (exact) mass is 274 g/mol. The molecule has 1 amide bonds. The summed E-state index contributed by atoms with van der Waals surface area (Å²) in [5, 5.41) is 10.6. The number of hydrazine groups is 1. The number of hydrogen-bond acceptors (Lipinski definition) is 5. The molecule has 0 radical (unpaired) electrons. The number of aromatic nitrogens is 1. The van der Waals surface area contributed by atoms with Crippen LogP contribution in [0.25, 0.3) is 0 Å². The SMILES string of the molecule is CN1CCN(NC(=O)c2ccncc2C#CCO)CC1. The Bertz CT molecular complexity index is 527. The van der Waals surface area contributed by atoms with Gasteiger partial charge in [-0.15, -0.1) is 0 Å². The Morgan fingerprint density at radius 1 is 1.45 bits per heavy atom. The van der Waals surface area contributed by atoms with Crippen molar-refractivity contribution in [3.8, 4) is 11.8 Å². The summed E-state index contributed by atoms with van der Waals surface area (Å²) in [5.41, 5.74) is 3.88. The quantitative estimate of drug-likeness (QED) is 0.699. The zero-order valence-electron chi connectivity index (χ0n) is 11.5. The van der Waals surface area contributed by atoms with Gasteiger partial charge in [0.05, 0.1) is 11.1 Å². The Morgan fingerprint density at radius 3 is 2.90 bits per heavy atom. The molecule has 0 spiro atoms. The number of amides is 1. The van der Waals surface area contributed by atoms with Crippen molar-refractivity contribution in [3.63, 3.8) is 0 Å². The van der Waals surface area contributed by atoms with Crippen molar-refractivity contribution in [1.29, 1.82) is 0 Å². The van der Waals surface area contributed by atoms with E-state index < -0.39 is 0 Å². The average Bonchev–Trinajstić information content (AvgIpc) is 2.47. The zero-order chi connectivity index (χ0) is 14.4. The van der Waals surface area contributed by atoms with Crippen molar-refractivity contribution < 1.29 is 9.90 Å². The van der Waals surface area contributed by atoms with Crippen molar-refractivity contribution in [2.24, 2.45) is 0 Å². The highest BCUT2D eigenvalue weighted by Gasteiger charge is 2.17. The number of pyridine rings is 1. The fourth-order valence-corrected chi connectivity index (χ4v) is 1.95. The third kappa shape index (κ3) is 3.78. The normalized spacial score (nSPS) is 16.3. The summed E-state index contributed by atoms with van der Waals surface area (Å²) in [7, 11) is 2.06. The average molecular weight is 274 g/mol. The third-order valence-corrected chi connectivity index (χ3v) is 3.13. The number of hydrogen-bond donors (Lipinski definition) is 2. The maximum absolute atomic E-state index is 12.3. The van der Waals surface area contributed by atoms with Crippen LogP contribution in [0.1, 0.15) is 15.9 Å². The van der Waals surface area contributed by atoms with E-state index in [1.165, 1.54) is 6.20 Å². The highest BCUT2D eigenvalue weighted by molar-refractivity contribution is 5.96. The molecule has 6 nitrogen and oxygen atoms in total. The highest BCUT2D eigenvalue weighted by Crippen LogP contribution is 2.06. The minimum Gasteiger partial charge on any atom is -0.384 e. The van der Waals surface area contributed by atoms with Crippen LogP contribution in [0.2, 0.25) is 0 Å². The van der Waals surface area contributed by atoms with E-state index in [9.17, 15) is 4.79 Å². The molecule has 0 aromatic carbocycles. The lowest BCUT2D eigenvalue weighted by atomic mass is 10.1. The van der Waals surface area contributed by atoms with Crippen molar-refractivity contribution in [1.82, 2.24) is 20.3 Å². The molecule has 1 aliphatic heterocycles. The first-order chi connectivity index (χ1) is 9.70. The van der Waals surface area contributed by atoms with E-state index in [1.54, 1.807) is 12.3 Å². The molecule has 0 saturated carbocycles. The van der Waals surface area contributed by atoms with Gasteiger partial charge in [-0.1, -0.05) is 11.8 Å². The molecule has 106 valence electrons. The van der Waals surface area contributed by atoms with Gasteiger partial charge in [-0.2, -0.15) is 0 Å². The summed E-state index contributed by atoms with van der Waals surface area (Å²) >= 11 is 0. The van der Waals surface area contributed by atoms with Crippen LogP contribution in [0, 0.1) is 11.8 Å². The maximum atomic E-state index is 12.3. The molecule has 6 heteroatoms. The molecular formula is C14H18N4O2. The molecule has 2 heterocycles. The zero-order valence-corrected chi connectivity index (χ0v) is 11.5. The van der Waals surface area contributed by atoms with Gasteiger partial charge in [-0.3, -0.25) is 15.2 Å². The number of likely N-dealkylation sites (N-methyl/N-ethyl adjacent to an activating group) is 1. The van der Waals surface area contributed by atoms with E-state index in [1.807, 2.05) is 5.01 Å². The molecule has 0 atom stereocenters. The Kier molecular flexibility index (Phi) is 5.07. The summed E-state index contributed by atoms with van der Waals surface area (Å²) in [4.78, 5) is 18.4. The fraction of sp³-hybridized carbons (Fsp3) is 0.429. The number of rotatable bonds is 2. The lowest BCUT2D eigenvalue weighted by Gasteiger charge is -2.32.